The van der Waals surface area contributed by atoms with Gasteiger partial charge in [-0.3, -0.25) is 9.78 Å². The van der Waals surface area contributed by atoms with Crippen molar-refractivity contribution >= 4 is 5.91 Å². The molecule has 2 aromatic heterocycles. The van der Waals surface area contributed by atoms with Gasteiger partial charge in [-0.25, -0.2) is 4.68 Å². The van der Waals surface area contributed by atoms with Crippen LogP contribution in [-0.4, -0.2) is 20.7 Å². The van der Waals surface area contributed by atoms with E-state index in [1.54, 1.807) is 12.3 Å². The number of aromatic nitrogens is 3. The molecule has 0 spiro atoms. The maximum atomic E-state index is 12.9. The van der Waals surface area contributed by atoms with Crippen molar-refractivity contribution in [1.82, 2.24) is 20.1 Å². The minimum atomic E-state index is -4.52. The van der Waals surface area contributed by atoms with Crippen molar-refractivity contribution in [1.29, 1.82) is 0 Å². The molecule has 29 heavy (non-hydrogen) atoms. The molecular formula is C21H19F3N4O. The first kappa shape index (κ1) is 19.2. The first-order valence-electron chi connectivity index (χ1n) is 9.22. The number of amides is 1. The molecule has 0 bridgehead atoms. The summed E-state index contributed by atoms with van der Waals surface area (Å²) in [5.74, 6) is -0.170. The number of nitrogens with one attached hydrogen (secondary N) is 1. The Bertz CT molecular complexity index is 1090. The Kier molecular flexibility index (Phi) is 4.64. The highest BCUT2D eigenvalue weighted by molar-refractivity contribution is 5.96. The number of alkyl halides is 3. The average molecular weight is 400 g/mol. The summed E-state index contributed by atoms with van der Waals surface area (Å²) in [5.41, 5.74) is 3.51. The van der Waals surface area contributed by atoms with Crippen molar-refractivity contribution in [2.45, 2.75) is 38.9 Å². The molecule has 1 atom stereocenters. The number of rotatable bonds is 3. The highest BCUT2D eigenvalue weighted by Gasteiger charge is 2.33. The number of fused-ring (bicyclic) bond motifs is 1. The second-order valence-electron chi connectivity index (χ2n) is 7.26. The molecule has 1 N–H and O–H groups in total. The van der Waals surface area contributed by atoms with Gasteiger partial charge in [0, 0.05) is 23.5 Å². The van der Waals surface area contributed by atoms with Gasteiger partial charge in [-0.15, -0.1) is 0 Å². The van der Waals surface area contributed by atoms with Gasteiger partial charge >= 0.3 is 6.18 Å². The van der Waals surface area contributed by atoms with Gasteiger partial charge in [0.1, 0.15) is 5.69 Å². The Morgan fingerprint density at radius 3 is 2.72 bits per heavy atom. The number of hydrogen-bond acceptors (Lipinski definition) is 3. The van der Waals surface area contributed by atoms with Gasteiger partial charge in [0.25, 0.3) is 5.91 Å². The van der Waals surface area contributed by atoms with Crippen LogP contribution in [-0.2, 0) is 12.6 Å². The minimum absolute atomic E-state index is 0.170. The standard InChI is InChI=1S/C21H19F3N4O/c1-12-3-4-15(13(2)9-12)20(29)26-17-5-6-18-16(17)11-28(27-18)14-7-8-25-19(10-14)21(22,23)24/h3-4,7-11,17H,5-6H2,1-2H3,(H,26,29)/t17-/m0/s1. The van der Waals surface area contributed by atoms with Crippen LogP contribution in [0.3, 0.4) is 0 Å². The van der Waals surface area contributed by atoms with Crippen LogP contribution in [0.2, 0.25) is 0 Å². The Hall–Kier alpha value is -3.16. The topological polar surface area (TPSA) is 59.8 Å². The summed E-state index contributed by atoms with van der Waals surface area (Å²) in [4.78, 5) is 16.1. The van der Waals surface area contributed by atoms with Crippen LogP contribution in [0.5, 0.6) is 0 Å². The van der Waals surface area contributed by atoms with Crippen molar-refractivity contribution in [3.63, 3.8) is 0 Å². The average Bonchev–Trinajstić information content (AvgIpc) is 3.23. The normalized spacial score (nSPS) is 16.0. The molecule has 0 radical (unpaired) electrons. The first-order chi connectivity index (χ1) is 13.7. The molecule has 0 saturated carbocycles. The zero-order chi connectivity index (χ0) is 20.8. The number of aryl methyl sites for hydroxylation is 3. The number of halogens is 3. The third kappa shape index (κ3) is 3.74. The van der Waals surface area contributed by atoms with Crippen molar-refractivity contribution in [3.05, 3.63) is 76.4 Å². The Morgan fingerprint density at radius 2 is 2.00 bits per heavy atom. The van der Waals surface area contributed by atoms with Crippen LogP contribution in [0.15, 0.2) is 42.7 Å². The van der Waals surface area contributed by atoms with E-state index >= 15 is 0 Å². The predicted molar refractivity (Wildman–Crippen MR) is 101 cm³/mol. The molecular weight excluding hydrogens is 381 g/mol. The summed E-state index contributed by atoms with van der Waals surface area (Å²) >= 11 is 0. The fraction of sp³-hybridized carbons (Fsp3) is 0.286. The molecule has 8 heteroatoms. The van der Waals surface area contributed by atoms with E-state index in [4.69, 9.17) is 0 Å². The highest BCUT2D eigenvalue weighted by Crippen LogP contribution is 2.33. The fourth-order valence-corrected chi connectivity index (χ4v) is 3.65. The SMILES string of the molecule is Cc1ccc(C(=O)N[C@H]2CCc3nn(-c4ccnc(C(F)(F)F)c4)cc32)c(C)c1. The van der Waals surface area contributed by atoms with Crippen molar-refractivity contribution in [3.8, 4) is 5.69 Å². The maximum Gasteiger partial charge on any atom is 0.433 e. The largest absolute Gasteiger partial charge is 0.433 e. The monoisotopic (exact) mass is 400 g/mol. The summed E-state index contributed by atoms with van der Waals surface area (Å²) < 4.78 is 40.2. The predicted octanol–water partition coefficient (Wildman–Crippen LogP) is 4.32. The van der Waals surface area contributed by atoms with E-state index in [1.165, 1.54) is 10.7 Å². The minimum Gasteiger partial charge on any atom is -0.345 e. The van der Waals surface area contributed by atoms with Crippen LogP contribution >= 0.6 is 0 Å². The quantitative estimate of drug-likeness (QED) is 0.712. The van der Waals surface area contributed by atoms with Gasteiger partial charge in [-0.05, 0) is 50.5 Å². The van der Waals surface area contributed by atoms with E-state index in [2.05, 4.69) is 15.4 Å². The van der Waals surface area contributed by atoms with Crippen LogP contribution in [0.4, 0.5) is 13.2 Å². The third-order valence-corrected chi connectivity index (χ3v) is 5.10. The summed E-state index contributed by atoms with van der Waals surface area (Å²) in [6.45, 7) is 3.86. The molecule has 0 unspecified atom stereocenters. The van der Waals surface area contributed by atoms with E-state index in [0.29, 0.717) is 18.4 Å². The molecule has 3 aromatic rings. The second kappa shape index (κ2) is 7.02. The van der Waals surface area contributed by atoms with Gasteiger partial charge in [0.15, 0.2) is 0 Å². The van der Waals surface area contributed by atoms with Crippen molar-refractivity contribution in [2.24, 2.45) is 0 Å². The molecule has 2 heterocycles. The van der Waals surface area contributed by atoms with Crippen molar-refractivity contribution in [2.75, 3.05) is 0 Å². The van der Waals surface area contributed by atoms with Crippen LogP contribution < -0.4 is 5.32 Å². The van der Waals surface area contributed by atoms with E-state index < -0.39 is 11.9 Å². The zero-order valence-electron chi connectivity index (χ0n) is 15.9. The van der Waals surface area contributed by atoms with Gasteiger partial charge < -0.3 is 5.32 Å². The first-order valence-corrected chi connectivity index (χ1v) is 9.22. The molecule has 1 aliphatic carbocycles. The highest BCUT2D eigenvalue weighted by atomic mass is 19.4. The van der Waals surface area contributed by atoms with Crippen LogP contribution in [0.1, 0.15) is 50.9 Å². The summed E-state index contributed by atoms with van der Waals surface area (Å²) in [7, 11) is 0. The molecule has 1 aromatic carbocycles. The molecule has 150 valence electrons. The molecule has 4 rings (SSSR count). The number of hydrogen-bond donors (Lipinski definition) is 1. The second-order valence-corrected chi connectivity index (χ2v) is 7.26. The smallest absolute Gasteiger partial charge is 0.345 e. The fourth-order valence-electron chi connectivity index (χ4n) is 3.65. The van der Waals surface area contributed by atoms with Crippen LogP contribution in [0.25, 0.3) is 5.69 Å². The number of nitrogens with zero attached hydrogens (tertiary/aromatic N) is 3. The molecule has 5 nitrogen and oxygen atoms in total. The van der Waals surface area contributed by atoms with Gasteiger partial charge in [-0.1, -0.05) is 17.7 Å². The lowest BCUT2D eigenvalue weighted by molar-refractivity contribution is -0.141. The van der Waals surface area contributed by atoms with E-state index in [0.717, 1.165) is 34.6 Å². The molecule has 1 aliphatic rings. The summed E-state index contributed by atoms with van der Waals surface area (Å²) in [6.07, 6.45) is -0.361. The lowest BCUT2D eigenvalue weighted by Gasteiger charge is -2.14. The maximum absolute atomic E-state index is 12.9. The number of pyridine rings is 1. The Balaban J connectivity index is 1.57. The zero-order valence-corrected chi connectivity index (χ0v) is 15.9. The van der Waals surface area contributed by atoms with Gasteiger partial charge in [-0.2, -0.15) is 18.3 Å². The Labute approximate surface area is 165 Å². The number of benzene rings is 1. The molecule has 1 amide bonds. The van der Waals surface area contributed by atoms with Gasteiger partial charge in [0.05, 0.1) is 17.4 Å². The summed E-state index contributed by atoms with van der Waals surface area (Å²) in [5, 5.41) is 7.44. The van der Waals surface area contributed by atoms with E-state index in [9.17, 15) is 18.0 Å². The molecule has 0 fully saturated rings. The van der Waals surface area contributed by atoms with Gasteiger partial charge in [0.2, 0.25) is 0 Å². The molecule has 0 saturated heterocycles. The number of carbonyl (C=O) groups excluding carboxylic acids is 1. The third-order valence-electron chi connectivity index (χ3n) is 5.10. The lowest BCUT2D eigenvalue weighted by atomic mass is 10.0. The van der Waals surface area contributed by atoms with E-state index in [-0.39, 0.29) is 17.6 Å². The summed E-state index contributed by atoms with van der Waals surface area (Å²) in [6, 6.07) is 7.85. The lowest BCUT2D eigenvalue weighted by Crippen LogP contribution is -2.27. The van der Waals surface area contributed by atoms with Crippen LogP contribution in [0, 0.1) is 13.8 Å². The molecule has 0 aliphatic heterocycles. The number of carbonyl (C=O) groups is 1. The van der Waals surface area contributed by atoms with Crippen molar-refractivity contribution < 1.29 is 18.0 Å². The van der Waals surface area contributed by atoms with E-state index in [1.807, 2.05) is 26.0 Å². The Morgan fingerprint density at radius 1 is 1.21 bits per heavy atom.